The van der Waals surface area contributed by atoms with Crippen molar-refractivity contribution in [2.24, 2.45) is 0 Å². The summed E-state index contributed by atoms with van der Waals surface area (Å²) in [7, 11) is -3.86. The lowest BCUT2D eigenvalue weighted by Crippen LogP contribution is -2.35. The number of aromatic nitrogens is 3. The average molecular weight is 410 g/mol. The first kappa shape index (κ1) is 22.2. The smallest absolute Gasteiger partial charge is 0.375 e. The molecule has 0 saturated heterocycles. The van der Waals surface area contributed by atoms with Crippen LogP contribution in [0.4, 0.5) is 0 Å². The van der Waals surface area contributed by atoms with Crippen LogP contribution in [0.5, 0.6) is 0 Å². The maximum atomic E-state index is 13.5. The van der Waals surface area contributed by atoms with Gasteiger partial charge >= 0.3 is 7.60 Å². The third-order valence-electron chi connectivity index (χ3n) is 3.95. The highest BCUT2D eigenvalue weighted by atomic mass is 31.2. The summed E-state index contributed by atoms with van der Waals surface area (Å²) in [4.78, 5) is 12.7. The highest BCUT2D eigenvalue weighted by Crippen LogP contribution is 2.57. The van der Waals surface area contributed by atoms with Crippen LogP contribution in [-0.2, 0) is 13.6 Å². The summed E-state index contributed by atoms with van der Waals surface area (Å²) < 4.78 is 25.6. The molecule has 2 N–H and O–H groups in total. The zero-order valence-electron chi connectivity index (χ0n) is 16.3. The number of benzene rings is 1. The first-order valence-electron chi connectivity index (χ1n) is 9.29. The summed E-state index contributed by atoms with van der Waals surface area (Å²) in [6.45, 7) is 5.50. The molecule has 2 aromatic rings. The maximum absolute atomic E-state index is 13.5. The Bertz CT molecular complexity index is 788. The van der Waals surface area contributed by atoms with Crippen LogP contribution >= 0.6 is 7.60 Å². The minimum absolute atomic E-state index is 0.108. The molecule has 0 saturated carbocycles. The second kappa shape index (κ2) is 10.5. The zero-order valence-corrected chi connectivity index (χ0v) is 17.2. The number of hydrogen-bond acceptors (Lipinski definition) is 7. The fraction of sp³-hybridized carbons (Fsp3) is 0.500. The van der Waals surface area contributed by atoms with Crippen molar-refractivity contribution < 1.29 is 23.5 Å². The van der Waals surface area contributed by atoms with Crippen LogP contribution in [0, 0.1) is 0 Å². The van der Waals surface area contributed by atoms with Gasteiger partial charge in [0.15, 0.2) is 0 Å². The van der Waals surface area contributed by atoms with E-state index in [1.807, 2.05) is 6.92 Å². The summed E-state index contributed by atoms with van der Waals surface area (Å²) >= 11 is 0. The Kier molecular flexibility index (Phi) is 8.32. The van der Waals surface area contributed by atoms with E-state index >= 15 is 0 Å². The van der Waals surface area contributed by atoms with E-state index in [1.54, 1.807) is 44.2 Å². The van der Waals surface area contributed by atoms with Gasteiger partial charge in [0.1, 0.15) is 0 Å². The zero-order chi connectivity index (χ0) is 20.6. The lowest BCUT2D eigenvalue weighted by molar-refractivity contribution is 0.0908. The molecule has 9 nitrogen and oxygen atoms in total. The number of nitrogens with zero attached hydrogens (tertiary/aromatic N) is 3. The Morgan fingerprint density at radius 3 is 2.43 bits per heavy atom. The van der Waals surface area contributed by atoms with Gasteiger partial charge in [0.05, 0.1) is 31.2 Å². The second-order valence-electron chi connectivity index (χ2n) is 6.00. The Morgan fingerprint density at radius 1 is 1.21 bits per heavy atom. The summed E-state index contributed by atoms with van der Waals surface area (Å²) in [6.07, 6.45) is 1.68. The van der Waals surface area contributed by atoms with Crippen LogP contribution in [-0.4, -0.2) is 39.2 Å². The van der Waals surface area contributed by atoms with Gasteiger partial charge in [-0.15, -0.1) is 5.10 Å². The number of hydrogen-bond donors (Lipinski definition) is 2. The molecule has 2 rings (SSSR count). The highest BCUT2D eigenvalue weighted by Gasteiger charge is 2.41. The summed E-state index contributed by atoms with van der Waals surface area (Å²) in [6, 6.07) is 8.50. The summed E-state index contributed by atoms with van der Waals surface area (Å²) in [5, 5.41) is 20.9. The van der Waals surface area contributed by atoms with Gasteiger partial charge in [-0.3, -0.25) is 9.36 Å². The molecule has 28 heavy (non-hydrogen) atoms. The molecule has 0 bridgehead atoms. The van der Waals surface area contributed by atoms with Crippen LogP contribution in [0.2, 0.25) is 0 Å². The Balaban J connectivity index is 2.46. The normalized spacial score (nSPS) is 13.9. The summed E-state index contributed by atoms with van der Waals surface area (Å²) in [5.74, 6) is -1.75. The Labute approximate surface area is 164 Å². The molecule has 154 valence electrons. The average Bonchev–Trinajstić information content (AvgIpc) is 3.16. The summed E-state index contributed by atoms with van der Waals surface area (Å²) in [5.41, 5.74) is 0.697. The number of carbonyl (C=O) groups is 1. The molecule has 2 atom stereocenters. The highest BCUT2D eigenvalue weighted by molar-refractivity contribution is 7.53. The van der Waals surface area contributed by atoms with Gasteiger partial charge in [0.2, 0.25) is 5.91 Å². The predicted molar refractivity (Wildman–Crippen MR) is 104 cm³/mol. The van der Waals surface area contributed by atoms with Gasteiger partial charge in [-0.05, 0) is 32.4 Å². The molecule has 0 aliphatic rings. The van der Waals surface area contributed by atoms with Crippen molar-refractivity contribution in [2.75, 3.05) is 13.2 Å². The largest absolute Gasteiger partial charge is 0.387 e. The molecule has 0 aliphatic heterocycles. The minimum atomic E-state index is -3.86. The molecule has 0 radical (unpaired) electrons. The number of nitrogens with one attached hydrogen (secondary N) is 1. The lowest BCUT2D eigenvalue weighted by Gasteiger charge is -2.28. The maximum Gasteiger partial charge on any atom is 0.375 e. The van der Waals surface area contributed by atoms with Crippen molar-refractivity contribution in [2.45, 2.75) is 45.6 Å². The van der Waals surface area contributed by atoms with Crippen molar-refractivity contribution in [1.29, 1.82) is 0 Å². The third kappa shape index (κ3) is 5.26. The molecular formula is C18H27N4O5P. The van der Waals surface area contributed by atoms with Crippen LogP contribution in [0.3, 0.4) is 0 Å². The SMILES string of the molecule is CCCC(O)c1cnnn1C(NC(=O)c1ccccc1)P(=O)(OCC)OCC. The van der Waals surface area contributed by atoms with Gasteiger partial charge in [-0.2, -0.15) is 0 Å². The van der Waals surface area contributed by atoms with Gasteiger partial charge in [0, 0.05) is 5.56 Å². The van der Waals surface area contributed by atoms with Crippen molar-refractivity contribution in [1.82, 2.24) is 20.3 Å². The third-order valence-corrected chi connectivity index (χ3v) is 6.13. The number of aliphatic hydroxyl groups excluding tert-OH is 1. The number of aliphatic hydroxyl groups is 1. The number of carbonyl (C=O) groups excluding carboxylic acids is 1. The molecule has 10 heteroatoms. The monoisotopic (exact) mass is 410 g/mol. The quantitative estimate of drug-likeness (QED) is 0.546. The molecule has 1 heterocycles. The number of amides is 1. The Morgan fingerprint density at radius 2 is 1.86 bits per heavy atom. The molecular weight excluding hydrogens is 383 g/mol. The standard InChI is InChI=1S/C18H27N4O5P/c1-4-10-16(23)15-13-19-21-22(15)18(28(25,26-5-2)27-6-3)20-17(24)14-11-8-7-9-12-14/h7-9,11-13,16,18,23H,4-6,10H2,1-3H3,(H,20,24). The van der Waals surface area contributed by atoms with Crippen molar-refractivity contribution in [3.05, 3.63) is 47.8 Å². The van der Waals surface area contributed by atoms with Crippen LogP contribution in [0.1, 0.15) is 61.7 Å². The van der Waals surface area contributed by atoms with E-state index in [-0.39, 0.29) is 13.2 Å². The van der Waals surface area contributed by atoms with E-state index in [1.165, 1.54) is 10.9 Å². The van der Waals surface area contributed by atoms with Gasteiger partial charge in [-0.25, -0.2) is 4.68 Å². The molecule has 0 fully saturated rings. The van der Waals surface area contributed by atoms with E-state index < -0.39 is 25.5 Å². The van der Waals surface area contributed by atoms with Crippen LogP contribution in [0.25, 0.3) is 0 Å². The fourth-order valence-electron chi connectivity index (χ4n) is 2.70. The van der Waals surface area contributed by atoms with Crippen molar-refractivity contribution >= 4 is 13.5 Å². The second-order valence-corrected chi connectivity index (χ2v) is 8.08. The predicted octanol–water partition coefficient (Wildman–Crippen LogP) is 3.26. The van der Waals surface area contributed by atoms with E-state index in [0.29, 0.717) is 17.7 Å². The topological polar surface area (TPSA) is 116 Å². The van der Waals surface area contributed by atoms with Gasteiger partial charge in [0.25, 0.3) is 5.91 Å². The van der Waals surface area contributed by atoms with E-state index in [9.17, 15) is 14.5 Å². The van der Waals surface area contributed by atoms with E-state index in [2.05, 4.69) is 15.6 Å². The Hall–Kier alpha value is -2.06. The molecule has 1 aromatic heterocycles. The van der Waals surface area contributed by atoms with Crippen LogP contribution < -0.4 is 5.32 Å². The lowest BCUT2D eigenvalue weighted by atomic mass is 10.1. The van der Waals surface area contributed by atoms with E-state index in [4.69, 9.17) is 9.05 Å². The van der Waals surface area contributed by atoms with E-state index in [0.717, 1.165) is 6.42 Å². The molecule has 1 amide bonds. The van der Waals surface area contributed by atoms with Crippen molar-refractivity contribution in [3.63, 3.8) is 0 Å². The van der Waals surface area contributed by atoms with Crippen molar-refractivity contribution in [3.8, 4) is 0 Å². The molecule has 1 aromatic carbocycles. The van der Waals surface area contributed by atoms with Gasteiger partial charge < -0.3 is 19.5 Å². The first-order chi connectivity index (χ1) is 13.5. The molecule has 0 spiro atoms. The minimum Gasteiger partial charge on any atom is -0.387 e. The fourth-order valence-corrected chi connectivity index (χ4v) is 4.50. The molecule has 2 unspecified atom stereocenters. The first-order valence-corrected chi connectivity index (χ1v) is 10.9. The van der Waals surface area contributed by atoms with Crippen LogP contribution in [0.15, 0.2) is 36.5 Å². The molecule has 0 aliphatic carbocycles. The number of rotatable bonds is 11. The van der Waals surface area contributed by atoms with Gasteiger partial charge in [-0.1, -0.05) is 36.8 Å².